The molecule has 0 saturated carbocycles. The summed E-state index contributed by atoms with van der Waals surface area (Å²) in [4.78, 5) is 0.0444. The molecule has 0 aromatic heterocycles. The molecule has 1 atom stereocenters. The summed E-state index contributed by atoms with van der Waals surface area (Å²) in [5.74, 6) is -0.0323. The lowest BCUT2D eigenvalue weighted by molar-refractivity contribution is 0.566. The van der Waals surface area contributed by atoms with Gasteiger partial charge in [-0.2, -0.15) is 0 Å². The van der Waals surface area contributed by atoms with E-state index in [4.69, 9.17) is 34.8 Å². The third-order valence-corrected chi connectivity index (χ3v) is 7.83. The highest BCUT2D eigenvalue weighted by Gasteiger charge is 2.31. The van der Waals surface area contributed by atoms with Crippen LogP contribution < -0.4 is 4.31 Å². The molecular formula is C18H20Cl3NO4S2. The molecule has 154 valence electrons. The number of halogens is 3. The van der Waals surface area contributed by atoms with Crippen LogP contribution in [-0.4, -0.2) is 34.9 Å². The lowest BCUT2D eigenvalue weighted by atomic mass is 10.2. The van der Waals surface area contributed by atoms with Gasteiger partial charge in [0.2, 0.25) is 0 Å². The summed E-state index contributed by atoms with van der Waals surface area (Å²) in [7, 11) is -7.14. The van der Waals surface area contributed by atoms with E-state index in [0.717, 1.165) is 6.26 Å². The molecule has 10 heteroatoms. The van der Waals surface area contributed by atoms with Crippen LogP contribution in [-0.2, 0) is 19.9 Å². The first kappa shape index (κ1) is 23.3. The van der Waals surface area contributed by atoms with Crippen molar-refractivity contribution in [3.63, 3.8) is 0 Å². The molecule has 0 amide bonds. The summed E-state index contributed by atoms with van der Waals surface area (Å²) < 4.78 is 50.8. The van der Waals surface area contributed by atoms with Crippen LogP contribution in [0.25, 0.3) is 0 Å². The average Bonchev–Trinajstić information content (AvgIpc) is 2.57. The number of sulfonamides is 1. The van der Waals surface area contributed by atoms with E-state index in [0.29, 0.717) is 22.9 Å². The molecule has 0 radical (unpaired) electrons. The lowest BCUT2D eigenvalue weighted by Gasteiger charge is -2.31. The van der Waals surface area contributed by atoms with Crippen LogP contribution in [0.4, 0.5) is 5.69 Å². The Morgan fingerprint density at radius 2 is 1.50 bits per heavy atom. The van der Waals surface area contributed by atoms with E-state index < -0.39 is 25.9 Å². The highest BCUT2D eigenvalue weighted by Crippen LogP contribution is 2.35. The maximum atomic E-state index is 13.4. The standard InChI is InChI=1S/C18H20Cl3NO4S2/c1-13(4-3-11-27(2,23)24)22(18-12-15(20)7-10-17(18)21)28(25,26)16-8-5-14(19)6-9-16/h5-10,12-13H,3-4,11H2,1-2H3/t13-/m1/s1. The molecule has 0 aliphatic carbocycles. The predicted octanol–water partition coefficient (Wildman–Crippen LogP) is 5.06. The smallest absolute Gasteiger partial charge is 0.262 e. The van der Waals surface area contributed by atoms with E-state index in [1.54, 1.807) is 13.0 Å². The quantitative estimate of drug-likeness (QED) is 0.525. The molecular weight excluding hydrogens is 465 g/mol. The van der Waals surface area contributed by atoms with Gasteiger partial charge in [-0.1, -0.05) is 34.8 Å². The number of benzene rings is 2. The van der Waals surface area contributed by atoms with Crippen LogP contribution in [0.5, 0.6) is 0 Å². The zero-order valence-corrected chi connectivity index (χ0v) is 19.2. The minimum Gasteiger partial charge on any atom is -0.262 e. The van der Waals surface area contributed by atoms with Crippen molar-refractivity contribution in [3.05, 3.63) is 57.5 Å². The van der Waals surface area contributed by atoms with E-state index in [2.05, 4.69) is 0 Å². The zero-order valence-electron chi connectivity index (χ0n) is 15.3. The van der Waals surface area contributed by atoms with E-state index in [1.165, 1.54) is 40.7 Å². The second kappa shape index (κ2) is 9.22. The van der Waals surface area contributed by atoms with Crippen molar-refractivity contribution in [2.45, 2.75) is 30.7 Å². The summed E-state index contributed by atoms with van der Waals surface area (Å²) in [6, 6.07) is 9.80. The fraction of sp³-hybridized carbons (Fsp3) is 0.333. The van der Waals surface area contributed by atoms with Crippen molar-refractivity contribution in [3.8, 4) is 0 Å². The second-order valence-electron chi connectivity index (χ2n) is 6.47. The molecule has 28 heavy (non-hydrogen) atoms. The number of hydrogen-bond acceptors (Lipinski definition) is 4. The van der Waals surface area contributed by atoms with Gasteiger partial charge in [-0.15, -0.1) is 0 Å². The molecule has 2 aromatic carbocycles. The van der Waals surface area contributed by atoms with Crippen LogP contribution in [0.15, 0.2) is 47.4 Å². The van der Waals surface area contributed by atoms with E-state index >= 15 is 0 Å². The lowest BCUT2D eigenvalue weighted by Crippen LogP contribution is -2.39. The van der Waals surface area contributed by atoms with Gasteiger partial charge < -0.3 is 0 Å². The zero-order chi connectivity index (χ0) is 21.1. The first-order valence-corrected chi connectivity index (χ1v) is 13.0. The predicted molar refractivity (Wildman–Crippen MR) is 116 cm³/mol. The molecule has 0 N–H and O–H groups in total. The number of anilines is 1. The average molecular weight is 485 g/mol. The minimum atomic E-state index is -3.99. The van der Waals surface area contributed by atoms with Crippen LogP contribution in [0.1, 0.15) is 19.8 Å². The van der Waals surface area contributed by atoms with E-state index in [1.807, 2.05) is 0 Å². The van der Waals surface area contributed by atoms with Gasteiger partial charge in [0.15, 0.2) is 0 Å². The largest absolute Gasteiger partial charge is 0.264 e. The number of rotatable bonds is 8. The van der Waals surface area contributed by atoms with Gasteiger partial charge in [0.05, 0.1) is 15.6 Å². The molecule has 0 heterocycles. The third kappa shape index (κ3) is 6.00. The summed E-state index contributed by atoms with van der Waals surface area (Å²) in [5.41, 5.74) is 0.232. The third-order valence-electron chi connectivity index (χ3n) is 4.05. The Labute approximate surface area is 181 Å². The highest BCUT2D eigenvalue weighted by atomic mass is 35.5. The maximum absolute atomic E-state index is 13.4. The van der Waals surface area contributed by atoms with Crippen LogP contribution >= 0.6 is 34.8 Å². The van der Waals surface area contributed by atoms with Gasteiger partial charge in [0.1, 0.15) is 9.84 Å². The maximum Gasteiger partial charge on any atom is 0.264 e. The first-order valence-electron chi connectivity index (χ1n) is 8.34. The van der Waals surface area contributed by atoms with Crippen molar-refractivity contribution in [1.29, 1.82) is 0 Å². The Hall–Kier alpha value is -0.990. The molecule has 2 rings (SSSR count). The van der Waals surface area contributed by atoms with Gasteiger partial charge in [-0.25, -0.2) is 16.8 Å². The molecule has 0 fully saturated rings. The fourth-order valence-electron chi connectivity index (χ4n) is 2.74. The SMILES string of the molecule is C[C@H](CCCS(C)(=O)=O)N(c1cc(Cl)ccc1Cl)S(=O)(=O)c1ccc(Cl)cc1. The molecule has 0 aliphatic heterocycles. The Morgan fingerprint density at radius 3 is 2.07 bits per heavy atom. The van der Waals surface area contributed by atoms with Crippen molar-refractivity contribution in [1.82, 2.24) is 0 Å². The van der Waals surface area contributed by atoms with E-state index in [-0.39, 0.29) is 21.4 Å². The number of hydrogen-bond donors (Lipinski definition) is 0. The first-order chi connectivity index (χ1) is 12.9. The molecule has 0 unspecified atom stereocenters. The Bertz CT molecular complexity index is 1040. The van der Waals surface area contributed by atoms with Crippen molar-refractivity contribution < 1.29 is 16.8 Å². The van der Waals surface area contributed by atoms with Gasteiger partial charge in [0, 0.05) is 28.1 Å². The van der Waals surface area contributed by atoms with Crippen molar-refractivity contribution in [2.24, 2.45) is 0 Å². The summed E-state index contributed by atoms with van der Waals surface area (Å²) in [6.07, 6.45) is 1.78. The molecule has 2 aromatic rings. The Kier molecular flexibility index (Phi) is 7.67. The molecule has 0 saturated heterocycles. The number of sulfone groups is 1. The molecule has 0 bridgehead atoms. The monoisotopic (exact) mass is 483 g/mol. The second-order valence-corrected chi connectivity index (χ2v) is 11.8. The Balaban J connectivity index is 2.49. The summed E-state index contributed by atoms with van der Waals surface area (Å²) in [6.45, 7) is 1.70. The Morgan fingerprint density at radius 1 is 0.929 bits per heavy atom. The van der Waals surface area contributed by atoms with Gasteiger partial charge in [0.25, 0.3) is 10.0 Å². The highest BCUT2D eigenvalue weighted by molar-refractivity contribution is 7.93. The van der Waals surface area contributed by atoms with Crippen LogP contribution in [0.2, 0.25) is 15.1 Å². The summed E-state index contributed by atoms with van der Waals surface area (Å²) in [5, 5.41) is 0.962. The molecule has 0 aliphatic rings. The van der Waals surface area contributed by atoms with Gasteiger partial charge in [-0.05, 0) is 62.2 Å². The van der Waals surface area contributed by atoms with Crippen LogP contribution in [0, 0.1) is 0 Å². The van der Waals surface area contributed by atoms with E-state index in [9.17, 15) is 16.8 Å². The number of nitrogens with zero attached hydrogens (tertiary/aromatic N) is 1. The minimum absolute atomic E-state index is 0.0323. The fourth-order valence-corrected chi connectivity index (χ4v) is 5.68. The topological polar surface area (TPSA) is 71.5 Å². The normalized spacial score (nSPS) is 13.3. The summed E-state index contributed by atoms with van der Waals surface area (Å²) >= 11 is 18.2. The van der Waals surface area contributed by atoms with Gasteiger partial charge >= 0.3 is 0 Å². The molecule has 0 spiro atoms. The van der Waals surface area contributed by atoms with Crippen LogP contribution in [0.3, 0.4) is 0 Å². The van der Waals surface area contributed by atoms with Gasteiger partial charge in [-0.3, -0.25) is 4.31 Å². The van der Waals surface area contributed by atoms with Crippen molar-refractivity contribution in [2.75, 3.05) is 16.3 Å². The molecule has 5 nitrogen and oxygen atoms in total. The van der Waals surface area contributed by atoms with Crippen molar-refractivity contribution >= 4 is 60.4 Å².